The maximum atomic E-state index is 5.27. The lowest BCUT2D eigenvalue weighted by molar-refractivity contribution is 0.0514. The van der Waals surface area contributed by atoms with Crippen LogP contribution in [0, 0.1) is 0 Å². The van der Waals surface area contributed by atoms with Gasteiger partial charge in [-0.1, -0.05) is 0 Å². The first-order valence-electron chi connectivity index (χ1n) is 2.32. The minimum absolute atomic E-state index is 0.0318. The summed E-state index contributed by atoms with van der Waals surface area (Å²) in [6.07, 6.45) is 1.91. The summed E-state index contributed by atoms with van der Waals surface area (Å²) in [6.45, 7) is 0.516. The second kappa shape index (κ2) is 2.48. The van der Waals surface area contributed by atoms with Gasteiger partial charge in [0.15, 0.2) is 0 Å². The molecule has 0 aromatic carbocycles. The lowest BCUT2D eigenvalue weighted by Gasteiger charge is -2.00. The highest BCUT2D eigenvalue weighted by atomic mass is 79.9. The highest BCUT2D eigenvalue weighted by molar-refractivity contribution is 9.11. The van der Waals surface area contributed by atoms with E-state index in [4.69, 9.17) is 10.6 Å². The number of nitrogens with two attached hydrogens (primary N) is 1. The smallest absolute Gasteiger partial charge is 0.118 e. The van der Waals surface area contributed by atoms with Crippen molar-refractivity contribution in [2.24, 2.45) is 5.73 Å². The van der Waals surface area contributed by atoms with Gasteiger partial charge in [0.05, 0.1) is 0 Å². The van der Waals surface area contributed by atoms with Gasteiger partial charge in [0, 0.05) is 6.54 Å². The zero-order valence-corrected chi connectivity index (χ0v) is 5.81. The number of hydrogen-bond donors (Lipinski definition) is 2. The van der Waals surface area contributed by atoms with Crippen molar-refractivity contribution in [2.45, 2.75) is 6.10 Å². The molecule has 0 aromatic rings. The maximum Gasteiger partial charge on any atom is 0.118 e. The van der Waals surface area contributed by atoms with E-state index in [1.165, 1.54) is 0 Å². The molecule has 4 heteroatoms. The second-order valence-electron chi connectivity index (χ2n) is 1.51. The molecular weight excluding hydrogens is 172 g/mol. The van der Waals surface area contributed by atoms with Crippen molar-refractivity contribution >= 4 is 15.9 Å². The summed E-state index contributed by atoms with van der Waals surface area (Å²) in [5.41, 5.74) is 7.88. The van der Waals surface area contributed by atoms with Crippen molar-refractivity contribution in [1.82, 2.24) is 5.48 Å². The Balaban J connectivity index is 2.41. The highest BCUT2D eigenvalue weighted by Gasteiger charge is 2.10. The van der Waals surface area contributed by atoms with E-state index >= 15 is 0 Å². The minimum atomic E-state index is 0.0318. The third kappa shape index (κ3) is 1.21. The molecule has 1 aliphatic rings. The molecule has 0 spiro atoms. The highest BCUT2D eigenvalue weighted by Crippen LogP contribution is 2.09. The summed E-state index contributed by atoms with van der Waals surface area (Å²) in [4.78, 5) is 4.90. The molecule has 0 saturated heterocycles. The fourth-order valence-corrected chi connectivity index (χ4v) is 0.868. The molecule has 1 unspecified atom stereocenters. The predicted octanol–water partition coefficient (Wildman–Crippen LogP) is 0.0848. The monoisotopic (exact) mass is 178 g/mol. The number of nitrogens with one attached hydrogen (secondary N) is 1. The molecule has 3 nitrogen and oxygen atoms in total. The summed E-state index contributed by atoms with van der Waals surface area (Å²) in [7, 11) is 0. The van der Waals surface area contributed by atoms with Crippen LogP contribution in [0.2, 0.25) is 0 Å². The standard InChI is InChI=1S/C4H7BrN2O/c5-4-1-3(2-6)8-7-4/h1,3,7H,2,6H2. The summed E-state index contributed by atoms with van der Waals surface area (Å²) in [6, 6.07) is 0. The Morgan fingerprint density at radius 2 is 2.75 bits per heavy atom. The van der Waals surface area contributed by atoms with E-state index in [2.05, 4.69) is 21.4 Å². The zero-order chi connectivity index (χ0) is 5.98. The molecule has 0 aromatic heterocycles. The third-order valence-corrected chi connectivity index (χ3v) is 1.30. The topological polar surface area (TPSA) is 47.3 Å². The van der Waals surface area contributed by atoms with E-state index in [-0.39, 0.29) is 6.10 Å². The van der Waals surface area contributed by atoms with Gasteiger partial charge in [-0.05, 0) is 22.0 Å². The zero-order valence-electron chi connectivity index (χ0n) is 4.23. The number of hydrogen-bond acceptors (Lipinski definition) is 3. The van der Waals surface area contributed by atoms with Gasteiger partial charge in [0.25, 0.3) is 0 Å². The molecule has 1 heterocycles. The maximum absolute atomic E-state index is 5.27. The van der Waals surface area contributed by atoms with Crippen LogP contribution in [-0.4, -0.2) is 12.6 Å². The van der Waals surface area contributed by atoms with Crippen molar-refractivity contribution in [2.75, 3.05) is 6.54 Å². The lowest BCUT2D eigenvalue weighted by Crippen LogP contribution is -2.20. The van der Waals surface area contributed by atoms with E-state index in [1.54, 1.807) is 0 Å². The normalized spacial score (nSPS) is 27.2. The summed E-state index contributed by atoms with van der Waals surface area (Å²) in [5.74, 6) is 0. The van der Waals surface area contributed by atoms with Crippen LogP contribution in [0.15, 0.2) is 10.7 Å². The molecule has 46 valence electrons. The molecule has 0 fully saturated rings. The Labute approximate surface area is 56.0 Å². The van der Waals surface area contributed by atoms with E-state index in [1.807, 2.05) is 6.08 Å². The number of hydroxylamine groups is 1. The Bertz CT molecular complexity index is 115. The lowest BCUT2D eigenvalue weighted by atomic mass is 10.4. The largest absolute Gasteiger partial charge is 0.328 e. The molecule has 0 radical (unpaired) electrons. The van der Waals surface area contributed by atoms with Crippen molar-refractivity contribution in [3.05, 3.63) is 10.7 Å². The van der Waals surface area contributed by atoms with Crippen LogP contribution in [0.3, 0.4) is 0 Å². The molecule has 1 rings (SSSR count). The van der Waals surface area contributed by atoms with Crippen LogP contribution in [0.4, 0.5) is 0 Å². The summed E-state index contributed by atoms with van der Waals surface area (Å²) < 4.78 is 0.855. The van der Waals surface area contributed by atoms with Gasteiger partial charge in [-0.3, -0.25) is 10.3 Å². The van der Waals surface area contributed by atoms with Gasteiger partial charge in [0.1, 0.15) is 10.7 Å². The Hall–Kier alpha value is -0.0600. The average molecular weight is 179 g/mol. The number of rotatable bonds is 1. The predicted molar refractivity (Wildman–Crippen MR) is 34.1 cm³/mol. The molecule has 1 aliphatic heterocycles. The molecule has 0 aliphatic carbocycles. The van der Waals surface area contributed by atoms with Crippen LogP contribution < -0.4 is 11.2 Å². The van der Waals surface area contributed by atoms with Crippen molar-refractivity contribution < 1.29 is 4.84 Å². The van der Waals surface area contributed by atoms with Crippen LogP contribution >= 0.6 is 15.9 Å². The van der Waals surface area contributed by atoms with Gasteiger partial charge >= 0.3 is 0 Å². The second-order valence-corrected chi connectivity index (χ2v) is 2.36. The molecule has 0 bridgehead atoms. The van der Waals surface area contributed by atoms with Crippen molar-refractivity contribution in [3.63, 3.8) is 0 Å². The molecular formula is C4H7BrN2O. The first-order valence-corrected chi connectivity index (χ1v) is 3.11. The van der Waals surface area contributed by atoms with Gasteiger partial charge in [-0.25, -0.2) is 0 Å². The number of halogens is 1. The van der Waals surface area contributed by atoms with Crippen molar-refractivity contribution in [1.29, 1.82) is 0 Å². The SMILES string of the molecule is NCC1C=C(Br)NO1. The van der Waals surface area contributed by atoms with Crippen LogP contribution in [-0.2, 0) is 4.84 Å². The van der Waals surface area contributed by atoms with E-state index < -0.39 is 0 Å². The molecule has 0 saturated carbocycles. The molecule has 1 atom stereocenters. The fourth-order valence-electron chi connectivity index (χ4n) is 0.479. The van der Waals surface area contributed by atoms with Gasteiger partial charge in [-0.15, -0.1) is 0 Å². The van der Waals surface area contributed by atoms with E-state index in [0.29, 0.717) is 6.54 Å². The first-order chi connectivity index (χ1) is 3.83. The molecule has 8 heavy (non-hydrogen) atoms. The Morgan fingerprint density at radius 3 is 3.00 bits per heavy atom. The van der Waals surface area contributed by atoms with Gasteiger partial charge in [0.2, 0.25) is 0 Å². The minimum Gasteiger partial charge on any atom is -0.328 e. The van der Waals surface area contributed by atoms with Crippen LogP contribution in [0.5, 0.6) is 0 Å². The van der Waals surface area contributed by atoms with Crippen molar-refractivity contribution in [3.8, 4) is 0 Å². The van der Waals surface area contributed by atoms with E-state index in [0.717, 1.165) is 4.61 Å². The molecule has 3 N–H and O–H groups in total. The van der Waals surface area contributed by atoms with Gasteiger partial charge < -0.3 is 5.73 Å². The summed E-state index contributed by atoms with van der Waals surface area (Å²) >= 11 is 3.19. The van der Waals surface area contributed by atoms with Gasteiger partial charge in [-0.2, -0.15) is 0 Å². The first kappa shape index (κ1) is 6.07. The summed E-state index contributed by atoms with van der Waals surface area (Å²) in [5, 5.41) is 0. The Morgan fingerprint density at radius 1 is 2.00 bits per heavy atom. The van der Waals surface area contributed by atoms with Crippen LogP contribution in [0.1, 0.15) is 0 Å². The van der Waals surface area contributed by atoms with E-state index in [9.17, 15) is 0 Å². The Kier molecular flexibility index (Phi) is 1.88. The average Bonchev–Trinajstić information content (AvgIpc) is 2.14. The van der Waals surface area contributed by atoms with Crippen LogP contribution in [0.25, 0.3) is 0 Å². The fraction of sp³-hybridized carbons (Fsp3) is 0.500. The third-order valence-electron chi connectivity index (χ3n) is 0.872. The quantitative estimate of drug-likeness (QED) is 0.560. The molecule has 0 amide bonds.